The molecule has 148 valence electrons. The average Bonchev–Trinajstić information content (AvgIpc) is 2.71. The van der Waals surface area contributed by atoms with Crippen LogP contribution in [0.15, 0.2) is 54.6 Å². The summed E-state index contributed by atoms with van der Waals surface area (Å²) in [5.74, 6) is 0.828. The zero-order chi connectivity index (χ0) is 16.9. The zero-order valence-electron chi connectivity index (χ0n) is 16.0. The lowest BCUT2D eigenvalue weighted by Gasteiger charge is -2.41. The lowest BCUT2D eigenvalue weighted by atomic mass is 9.80. The summed E-state index contributed by atoms with van der Waals surface area (Å²) in [4.78, 5) is 2.74. The van der Waals surface area contributed by atoms with Crippen LogP contribution in [0.4, 0.5) is 0 Å². The van der Waals surface area contributed by atoms with Gasteiger partial charge in [0.1, 0.15) is 0 Å². The minimum absolute atomic E-state index is 0. The van der Waals surface area contributed by atoms with E-state index in [0.29, 0.717) is 6.04 Å². The molecule has 0 amide bonds. The van der Waals surface area contributed by atoms with Crippen molar-refractivity contribution < 1.29 is 0 Å². The van der Waals surface area contributed by atoms with Crippen LogP contribution in [0.1, 0.15) is 43.7 Å². The first kappa shape index (κ1) is 22.2. The van der Waals surface area contributed by atoms with Crippen LogP contribution in [0.2, 0.25) is 0 Å². The number of nitrogens with one attached hydrogen (secondary N) is 1. The van der Waals surface area contributed by atoms with Gasteiger partial charge >= 0.3 is 0 Å². The maximum absolute atomic E-state index is 3.51. The molecule has 4 rings (SSSR count). The summed E-state index contributed by atoms with van der Waals surface area (Å²) in [6, 6.07) is 20.8. The lowest BCUT2D eigenvalue weighted by molar-refractivity contribution is 0.103. The van der Waals surface area contributed by atoms with Crippen molar-refractivity contribution in [2.45, 2.75) is 38.1 Å². The van der Waals surface area contributed by atoms with Crippen molar-refractivity contribution in [3.8, 4) is 11.1 Å². The topological polar surface area (TPSA) is 15.3 Å². The van der Waals surface area contributed by atoms with Gasteiger partial charge in [0.25, 0.3) is 0 Å². The zero-order valence-corrected chi connectivity index (χ0v) is 17.6. The molecule has 1 saturated heterocycles. The molecular formula is C23H32Cl2N2. The fourth-order valence-electron chi connectivity index (χ4n) is 4.69. The fraction of sp³-hybridized carbons (Fsp3) is 0.478. The molecule has 2 aromatic rings. The number of rotatable bonds is 4. The molecule has 2 fully saturated rings. The van der Waals surface area contributed by atoms with Crippen molar-refractivity contribution in [2.75, 3.05) is 26.2 Å². The van der Waals surface area contributed by atoms with Crippen molar-refractivity contribution >= 4 is 24.8 Å². The Bertz CT molecular complexity index is 630. The van der Waals surface area contributed by atoms with Crippen LogP contribution in [0.25, 0.3) is 11.1 Å². The molecule has 2 nitrogen and oxygen atoms in total. The van der Waals surface area contributed by atoms with Gasteiger partial charge in [0.15, 0.2) is 0 Å². The Kier molecular flexibility index (Phi) is 9.11. The van der Waals surface area contributed by atoms with Crippen LogP contribution in [0.3, 0.4) is 0 Å². The smallest absolute Gasteiger partial charge is 0.0377 e. The lowest BCUT2D eigenvalue weighted by Crippen LogP contribution is -2.47. The Morgan fingerprint density at radius 1 is 0.741 bits per heavy atom. The molecule has 1 saturated carbocycles. The molecule has 1 aliphatic carbocycles. The fourth-order valence-corrected chi connectivity index (χ4v) is 4.69. The summed E-state index contributed by atoms with van der Waals surface area (Å²) < 4.78 is 0. The van der Waals surface area contributed by atoms with Gasteiger partial charge in [-0.1, -0.05) is 73.9 Å². The number of benzene rings is 2. The van der Waals surface area contributed by atoms with Crippen LogP contribution in [-0.2, 0) is 0 Å². The van der Waals surface area contributed by atoms with Crippen molar-refractivity contribution in [2.24, 2.45) is 5.92 Å². The average molecular weight is 407 g/mol. The van der Waals surface area contributed by atoms with E-state index in [1.54, 1.807) is 0 Å². The maximum Gasteiger partial charge on any atom is 0.0377 e. The van der Waals surface area contributed by atoms with Gasteiger partial charge in [-0.3, -0.25) is 4.90 Å². The molecule has 0 aromatic heterocycles. The molecule has 2 aromatic carbocycles. The highest BCUT2D eigenvalue weighted by molar-refractivity contribution is 5.85. The monoisotopic (exact) mass is 406 g/mol. The highest BCUT2D eigenvalue weighted by atomic mass is 35.5. The number of hydrogen-bond acceptors (Lipinski definition) is 2. The van der Waals surface area contributed by atoms with Crippen LogP contribution in [-0.4, -0.2) is 31.1 Å². The van der Waals surface area contributed by atoms with E-state index in [0.717, 1.165) is 19.0 Å². The van der Waals surface area contributed by atoms with E-state index in [4.69, 9.17) is 0 Å². The molecule has 0 unspecified atom stereocenters. The van der Waals surface area contributed by atoms with E-state index in [9.17, 15) is 0 Å². The molecule has 0 radical (unpaired) electrons. The third kappa shape index (κ3) is 5.48. The third-order valence-corrected chi connectivity index (χ3v) is 6.00. The molecule has 0 spiro atoms. The van der Waals surface area contributed by atoms with Crippen molar-refractivity contribution in [1.29, 1.82) is 0 Å². The summed E-state index contributed by atoms with van der Waals surface area (Å²) in [5.41, 5.74) is 4.16. The van der Waals surface area contributed by atoms with E-state index in [1.165, 1.54) is 61.9 Å². The molecule has 1 heterocycles. The molecule has 2 aliphatic rings. The molecule has 27 heavy (non-hydrogen) atoms. The largest absolute Gasteiger partial charge is 0.314 e. The van der Waals surface area contributed by atoms with Gasteiger partial charge in [-0.25, -0.2) is 0 Å². The van der Waals surface area contributed by atoms with E-state index < -0.39 is 0 Å². The first-order valence-corrected chi connectivity index (χ1v) is 10.0. The van der Waals surface area contributed by atoms with Gasteiger partial charge in [0.2, 0.25) is 0 Å². The van der Waals surface area contributed by atoms with Crippen LogP contribution >= 0.6 is 24.8 Å². The molecule has 0 bridgehead atoms. The molecule has 1 aliphatic heterocycles. The summed E-state index contributed by atoms with van der Waals surface area (Å²) in [6.45, 7) is 4.62. The summed E-state index contributed by atoms with van der Waals surface area (Å²) in [7, 11) is 0. The van der Waals surface area contributed by atoms with Gasteiger partial charge in [-0.15, -0.1) is 24.8 Å². The van der Waals surface area contributed by atoms with Crippen LogP contribution in [0, 0.1) is 5.92 Å². The number of piperazine rings is 1. The normalized spacial score (nSPS) is 19.6. The van der Waals surface area contributed by atoms with E-state index in [-0.39, 0.29) is 24.8 Å². The number of hydrogen-bond donors (Lipinski definition) is 1. The van der Waals surface area contributed by atoms with Gasteiger partial charge in [0.05, 0.1) is 0 Å². The number of nitrogens with zero attached hydrogens (tertiary/aromatic N) is 1. The highest BCUT2D eigenvalue weighted by Crippen LogP contribution is 2.39. The van der Waals surface area contributed by atoms with E-state index in [2.05, 4.69) is 64.8 Å². The predicted octanol–water partition coefficient (Wildman–Crippen LogP) is 5.72. The third-order valence-electron chi connectivity index (χ3n) is 6.00. The van der Waals surface area contributed by atoms with Crippen molar-refractivity contribution in [1.82, 2.24) is 10.2 Å². The first-order valence-electron chi connectivity index (χ1n) is 10.0. The van der Waals surface area contributed by atoms with Gasteiger partial charge < -0.3 is 5.32 Å². The second-order valence-corrected chi connectivity index (χ2v) is 7.62. The quantitative estimate of drug-likeness (QED) is 0.697. The van der Waals surface area contributed by atoms with Gasteiger partial charge in [-0.05, 0) is 35.4 Å². The second kappa shape index (κ2) is 11.1. The standard InChI is InChI=1S/C23H30N2.2ClH/c1-3-7-19(8-4-1)20-11-13-22(14-12-20)23(21-9-5-2-6-10-21)25-17-15-24-16-18-25;;/h1,3-4,7-8,11-14,21,23-24H,2,5-6,9-10,15-18H2;2*1H/t23-;;/m1../s1. The Balaban J connectivity index is 0.00000131. The van der Waals surface area contributed by atoms with E-state index >= 15 is 0 Å². The SMILES string of the molecule is Cl.Cl.c1ccc(-c2ccc([C@@H](C3CCCCC3)N3CCNCC3)cc2)cc1. The Labute approximate surface area is 176 Å². The van der Waals surface area contributed by atoms with E-state index in [1.807, 2.05) is 0 Å². The minimum atomic E-state index is 0. The molecule has 4 heteroatoms. The van der Waals surface area contributed by atoms with Crippen molar-refractivity contribution in [3.05, 3.63) is 60.2 Å². The summed E-state index contributed by atoms with van der Waals surface area (Å²) >= 11 is 0. The molecule has 1 atom stereocenters. The Morgan fingerprint density at radius 3 is 1.96 bits per heavy atom. The minimum Gasteiger partial charge on any atom is -0.314 e. The van der Waals surface area contributed by atoms with Crippen LogP contribution < -0.4 is 5.32 Å². The first-order chi connectivity index (χ1) is 12.4. The molecule has 1 N–H and O–H groups in total. The summed E-state index contributed by atoms with van der Waals surface area (Å²) in [6.07, 6.45) is 7.05. The number of halogens is 2. The van der Waals surface area contributed by atoms with Crippen LogP contribution in [0.5, 0.6) is 0 Å². The Hall–Kier alpha value is -1.06. The van der Waals surface area contributed by atoms with Crippen molar-refractivity contribution in [3.63, 3.8) is 0 Å². The highest BCUT2D eigenvalue weighted by Gasteiger charge is 2.30. The Morgan fingerprint density at radius 2 is 1.33 bits per heavy atom. The predicted molar refractivity (Wildman–Crippen MR) is 120 cm³/mol. The molecular weight excluding hydrogens is 375 g/mol. The maximum atomic E-state index is 3.51. The van der Waals surface area contributed by atoms with Gasteiger partial charge in [-0.2, -0.15) is 0 Å². The second-order valence-electron chi connectivity index (χ2n) is 7.62. The summed E-state index contributed by atoms with van der Waals surface area (Å²) in [5, 5.41) is 3.51. The van der Waals surface area contributed by atoms with Gasteiger partial charge in [0, 0.05) is 32.2 Å².